The van der Waals surface area contributed by atoms with Crippen LogP contribution in [0.15, 0.2) is 36.4 Å². The molecule has 94 valence electrons. The van der Waals surface area contributed by atoms with Crippen LogP contribution in [0, 0.1) is 27.3 Å². The first-order valence-corrected chi connectivity index (χ1v) is 5.09. The number of nitriles is 1. The van der Waals surface area contributed by atoms with Gasteiger partial charge >= 0.3 is 5.69 Å². The highest BCUT2D eigenvalue weighted by Gasteiger charge is 2.17. The lowest BCUT2D eigenvalue weighted by molar-refractivity contribution is -0.385. The molecule has 0 amide bonds. The summed E-state index contributed by atoms with van der Waals surface area (Å²) in [6.07, 6.45) is 0. The summed E-state index contributed by atoms with van der Waals surface area (Å²) in [5.74, 6) is -0.861. The number of ether oxygens (including phenoxy) is 1. The van der Waals surface area contributed by atoms with Crippen LogP contribution in [-0.2, 0) is 0 Å². The van der Waals surface area contributed by atoms with Gasteiger partial charge in [-0.2, -0.15) is 5.26 Å². The molecule has 0 aliphatic heterocycles. The standard InChI is InChI=1S/C12H6FN3O3/c13-8-4-5-11(10(6-8)16(17)18)19-12-3-1-2-9(7-14)15-12/h1-6H. The number of nitrogens with zero attached hydrogens (tertiary/aromatic N) is 3. The Morgan fingerprint density at radius 1 is 1.37 bits per heavy atom. The molecule has 0 unspecified atom stereocenters. The van der Waals surface area contributed by atoms with Gasteiger partial charge in [0.2, 0.25) is 11.6 Å². The fraction of sp³-hybridized carbons (Fsp3) is 0. The van der Waals surface area contributed by atoms with Crippen LogP contribution in [0.2, 0.25) is 0 Å². The fourth-order valence-electron chi connectivity index (χ4n) is 1.37. The zero-order chi connectivity index (χ0) is 13.8. The van der Waals surface area contributed by atoms with Gasteiger partial charge in [0.1, 0.15) is 17.6 Å². The Morgan fingerprint density at radius 3 is 2.84 bits per heavy atom. The van der Waals surface area contributed by atoms with Crippen molar-refractivity contribution in [2.24, 2.45) is 0 Å². The minimum atomic E-state index is -0.757. The Bertz CT molecular complexity index is 682. The van der Waals surface area contributed by atoms with Crippen LogP contribution in [0.5, 0.6) is 11.6 Å². The minimum absolute atomic E-state index is 0.0220. The first-order valence-electron chi connectivity index (χ1n) is 5.09. The highest BCUT2D eigenvalue weighted by atomic mass is 19.1. The summed E-state index contributed by atoms with van der Waals surface area (Å²) in [6, 6.07) is 9.17. The van der Waals surface area contributed by atoms with E-state index in [1.54, 1.807) is 0 Å². The zero-order valence-electron chi connectivity index (χ0n) is 9.41. The molecule has 1 heterocycles. The van der Waals surface area contributed by atoms with E-state index < -0.39 is 16.4 Å². The van der Waals surface area contributed by atoms with E-state index in [0.29, 0.717) is 0 Å². The molecule has 0 fully saturated rings. The first kappa shape index (κ1) is 12.4. The van der Waals surface area contributed by atoms with E-state index in [1.807, 2.05) is 6.07 Å². The molecular weight excluding hydrogens is 253 g/mol. The summed E-state index contributed by atoms with van der Waals surface area (Å²) in [4.78, 5) is 13.8. The van der Waals surface area contributed by atoms with Crippen molar-refractivity contribution in [3.8, 4) is 17.7 Å². The number of nitro groups is 1. The number of aromatic nitrogens is 1. The van der Waals surface area contributed by atoms with Crippen molar-refractivity contribution in [1.82, 2.24) is 4.98 Å². The van der Waals surface area contributed by atoms with Crippen molar-refractivity contribution in [3.05, 3.63) is 58.0 Å². The van der Waals surface area contributed by atoms with E-state index in [2.05, 4.69) is 4.98 Å². The molecule has 0 radical (unpaired) electrons. The molecule has 0 atom stereocenters. The smallest absolute Gasteiger partial charge is 0.314 e. The Hall–Kier alpha value is -3.01. The van der Waals surface area contributed by atoms with E-state index in [1.165, 1.54) is 18.2 Å². The van der Waals surface area contributed by atoms with Crippen LogP contribution in [0.1, 0.15) is 5.69 Å². The van der Waals surface area contributed by atoms with Gasteiger partial charge in [-0.15, -0.1) is 0 Å². The van der Waals surface area contributed by atoms with Crippen molar-refractivity contribution < 1.29 is 14.1 Å². The van der Waals surface area contributed by atoms with Gasteiger partial charge in [-0.1, -0.05) is 6.07 Å². The van der Waals surface area contributed by atoms with Gasteiger partial charge in [-0.3, -0.25) is 10.1 Å². The summed E-state index contributed by atoms with van der Waals surface area (Å²) in [6.45, 7) is 0. The molecule has 1 aromatic carbocycles. The molecule has 19 heavy (non-hydrogen) atoms. The van der Waals surface area contributed by atoms with Gasteiger partial charge in [0.25, 0.3) is 0 Å². The molecule has 1 aromatic heterocycles. The molecular formula is C12H6FN3O3. The van der Waals surface area contributed by atoms with E-state index in [4.69, 9.17) is 10.00 Å². The molecule has 0 N–H and O–H groups in total. The van der Waals surface area contributed by atoms with Crippen LogP contribution >= 0.6 is 0 Å². The number of hydrogen-bond acceptors (Lipinski definition) is 5. The third-order valence-corrected chi connectivity index (χ3v) is 2.17. The Kier molecular flexibility index (Phi) is 3.34. The molecule has 0 spiro atoms. The lowest BCUT2D eigenvalue weighted by Gasteiger charge is -2.05. The van der Waals surface area contributed by atoms with Crippen molar-refractivity contribution in [1.29, 1.82) is 5.26 Å². The third kappa shape index (κ3) is 2.81. The second-order valence-corrected chi connectivity index (χ2v) is 3.44. The van der Waals surface area contributed by atoms with Crippen LogP contribution < -0.4 is 4.74 Å². The number of benzene rings is 1. The van der Waals surface area contributed by atoms with Gasteiger partial charge in [0, 0.05) is 6.07 Å². The summed E-state index contributed by atoms with van der Waals surface area (Å²) >= 11 is 0. The SMILES string of the molecule is N#Cc1cccc(Oc2ccc(F)cc2[N+](=O)[O-])n1. The Labute approximate surface area is 106 Å². The molecule has 7 heteroatoms. The maximum absolute atomic E-state index is 12.9. The van der Waals surface area contributed by atoms with E-state index in [0.717, 1.165) is 18.2 Å². The maximum atomic E-state index is 12.9. The quantitative estimate of drug-likeness (QED) is 0.624. The van der Waals surface area contributed by atoms with Gasteiger partial charge in [0.15, 0.2) is 0 Å². The molecule has 0 aliphatic rings. The normalized spacial score (nSPS) is 9.68. The van der Waals surface area contributed by atoms with E-state index >= 15 is 0 Å². The first-order chi connectivity index (χ1) is 9.10. The minimum Gasteiger partial charge on any atom is -0.432 e. The van der Waals surface area contributed by atoms with E-state index in [9.17, 15) is 14.5 Å². The lowest BCUT2D eigenvalue weighted by atomic mass is 10.3. The molecule has 0 saturated heterocycles. The van der Waals surface area contributed by atoms with Crippen molar-refractivity contribution in [2.45, 2.75) is 0 Å². The average Bonchev–Trinajstić information content (AvgIpc) is 2.41. The van der Waals surface area contributed by atoms with Crippen molar-refractivity contribution in [2.75, 3.05) is 0 Å². The molecule has 6 nitrogen and oxygen atoms in total. The van der Waals surface area contributed by atoms with Crippen LogP contribution in [0.4, 0.5) is 10.1 Å². The summed E-state index contributed by atoms with van der Waals surface area (Å²) < 4.78 is 18.1. The fourth-order valence-corrected chi connectivity index (χ4v) is 1.37. The predicted octanol–water partition coefficient (Wildman–Crippen LogP) is 2.79. The van der Waals surface area contributed by atoms with Crippen molar-refractivity contribution in [3.63, 3.8) is 0 Å². The molecule has 2 rings (SSSR count). The van der Waals surface area contributed by atoms with Crippen LogP contribution in [0.3, 0.4) is 0 Å². The maximum Gasteiger partial charge on any atom is 0.314 e. The highest BCUT2D eigenvalue weighted by molar-refractivity contribution is 5.48. The molecule has 0 bridgehead atoms. The van der Waals surface area contributed by atoms with Crippen LogP contribution in [0.25, 0.3) is 0 Å². The van der Waals surface area contributed by atoms with Crippen LogP contribution in [-0.4, -0.2) is 9.91 Å². The molecule has 2 aromatic rings. The Morgan fingerprint density at radius 2 is 2.16 bits per heavy atom. The number of halogens is 1. The lowest BCUT2D eigenvalue weighted by Crippen LogP contribution is -1.96. The topological polar surface area (TPSA) is 89.0 Å². The number of hydrogen-bond donors (Lipinski definition) is 0. The van der Waals surface area contributed by atoms with E-state index in [-0.39, 0.29) is 17.3 Å². The number of pyridine rings is 1. The van der Waals surface area contributed by atoms with Gasteiger partial charge in [0.05, 0.1) is 11.0 Å². The molecule has 0 saturated carbocycles. The third-order valence-electron chi connectivity index (χ3n) is 2.17. The predicted molar refractivity (Wildman–Crippen MR) is 62.1 cm³/mol. The second kappa shape index (κ2) is 5.10. The Balaban J connectivity index is 2.38. The highest BCUT2D eigenvalue weighted by Crippen LogP contribution is 2.30. The largest absolute Gasteiger partial charge is 0.432 e. The molecule has 0 aliphatic carbocycles. The monoisotopic (exact) mass is 259 g/mol. The van der Waals surface area contributed by atoms with Gasteiger partial charge in [-0.25, -0.2) is 9.37 Å². The number of nitro benzene ring substituents is 1. The zero-order valence-corrected chi connectivity index (χ0v) is 9.41. The van der Waals surface area contributed by atoms with Gasteiger partial charge in [-0.05, 0) is 18.2 Å². The van der Waals surface area contributed by atoms with Gasteiger partial charge < -0.3 is 4.74 Å². The average molecular weight is 259 g/mol. The summed E-state index contributed by atoms with van der Waals surface area (Å²) in [5.41, 5.74) is -0.397. The number of rotatable bonds is 3. The summed E-state index contributed by atoms with van der Waals surface area (Å²) in [5, 5.41) is 19.5. The second-order valence-electron chi connectivity index (χ2n) is 3.44. The van der Waals surface area contributed by atoms with Crippen molar-refractivity contribution >= 4 is 5.69 Å². The summed E-state index contributed by atoms with van der Waals surface area (Å²) in [7, 11) is 0.